The van der Waals surface area contributed by atoms with Crippen molar-refractivity contribution < 1.29 is 0 Å². The van der Waals surface area contributed by atoms with Crippen LogP contribution in [0.1, 0.15) is 31.4 Å². The van der Waals surface area contributed by atoms with E-state index in [2.05, 4.69) is 16.8 Å². The number of likely N-dealkylation sites (N-methyl/N-ethyl adjacent to an activating group) is 1. The molecule has 1 aliphatic rings. The largest absolute Gasteiger partial charge is 0.328 e. The summed E-state index contributed by atoms with van der Waals surface area (Å²) >= 11 is 0. The lowest BCUT2D eigenvalue weighted by Gasteiger charge is -2.32. The van der Waals surface area contributed by atoms with Gasteiger partial charge in [-0.15, -0.1) is 0 Å². The molecule has 0 radical (unpaired) electrons. The molecule has 1 atom stereocenters. The number of hydrogen-bond donors (Lipinski definition) is 1. The van der Waals surface area contributed by atoms with Crippen LogP contribution in [0.2, 0.25) is 0 Å². The minimum Gasteiger partial charge on any atom is -0.302 e. The maximum atomic E-state index is 11.8. The number of nitrogens with one attached hydrogen (secondary N) is 1. The Morgan fingerprint density at radius 1 is 1.56 bits per heavy atom. The van der Waals surface area contributed by atoms with Crippen molar-refractivity contribution in [1.29, 1.82) is 5.26 Å². The molecule has 1 aromatic rings. The van der Waals surface area contributed by atoms with Crippen LogP contribution in [0, 0.1) is 11.3 Å². The lowest BCUT2D eigenvalue weighted by Crippen LogP contribution is -2.41. The average Bonchev–Trinajstić information content (AvgIpc) is 2.39. The predicted molar refractivity (Wildman–Crippen MR) is 66.4 cm³/mol. The van der Waals surface area contributed by atoms with Crippen LogP contribution in [-0.2, 0) is 0 Å². The first-order valence-corrected chi connectivity index (χ1v) is 6.13. The monoisotopic (exact) mass is 248 g/mol. The van der Waals surface area contributed by atoms with Crippen LogP contribution >= 0.6 is 0 Å². The highest BCUT2D eigenvalue weighted by molar-refractivity contribution is 5.22. The van der Waals surface area contributed by atoms with Crippen molar-refractivity contribution in [1.82, 2.24) is 14.5 Å². The molecule has 2 heterocycles. The van der Waals surface area contributed by atoms with Crippen molar-refractivity contribution in [2.45, 2.75) is 25.8 Å². The minimum absolute atomic E-state index is 0.0109. The van der Waals surface area contributed by atoms with Gasteiger partial charge in [-0.3, -0.25) is 14.3 Å². The Labute approximate surface area is 104 Å². The topological polar surface area (TPSA) is 81.9 Å². The summed E-state index contributed by atoms with van der Waals surface area (Å²) in [5, 5.41) is 8.83. The molecule has 0 spiro atoms. The number of aromatic amines is 1. The van der Waals surface area contributed by atoms with Gasteiger partial charge in [0.15, 0.2) is 0 Å². The third kappa shape index (κ3) is 2.36. The standard InChI is InChI=1S/C12H16N4O2/c1-2-15-5-3-4-10(8-15)16-7-9(6-13)11(17)14-12(16)18/h7,10H,2-5,8H2,1H3,(H,14,17,18). The summed E-state index contributed by atoms with van der Waals surface area (Å²) in [7, 11) is 0. The summed E-state index contributed by atoms with van der Waals surface area (Å²) in [4.78, 5) is 27.6. The van der Waals surface area contributed by atoms with E-state index in [1.165, 1.54) is 10.8 Å². The second kappa shape index (κ2) is 5.19. The van der Waals surface area contributed by atoms with Gasteiger partial charge in [0.05, 0.1) is 6.04 Å². The molecule has 1 saturated heterocycles. The van der Waals surface area contributed by atoms with Crippen molar-refractivity contribution in [2.75, 3.05) is 19.6 Å². The van der Waals surface area contributed by atoms with E-state index >= 15 is 0 Å². The Morgan fingerprint density at radius 3 is 3.00 bits per heavy atom. The van der Waals surface area contributed by atoms with Crippen LogP contribution < -0.4 is 11.2 Å². The molecular formula is C12H16N4O2. The maximum absolute atomic E-state index is 11.8. The summed E-state index contributed by atoms with van der Waals surface area (Å²) in [5.41, 5.74) is -1.05. The number of rotatable bonds is 2. The van der Waals surface area contributed by atoms with Crippen LogP contribution in [0.3, 0.4) is 0 Å². The molecule has 0 aromatic carbocycles. The summed E-state index contributed by atoms with van der Waals surface area (Å²) in [6, 6.07) is 1.85. The van der Waals surface area contributed by atoms with E-state index in [-0.39, 0.29) is 11.6 Å². The highest BCUT2D eigenvalue weighted by Crippen LogP contribution is 2.19. The van der Waals surface area contributed by atoms with Crippen molar-refractivity contribution in [3.8, 4) is 6.07 Å². The molecule has 0 saturated carbocycles. The second-order valence-corrected chi connectivity index (χ2v) is 4.51. The molecule has 1 fully saturated rings. The zero-order valence-corrected chi connectivity index (χ0v) is 10.3. The second-order valence-electron chi connectivity index (χ2n) is 4.51. The fourth-order valence-corrected chi connectivity index (χ4v) is 2.38. The van der Waals surface area contributed by atoms with E-state index in [1.54, 1.807) is 0 Å². The number of nitriles is 1. The third-order valence-corrected chi connectivity index (χ3v) is 3.41. The molecule has 6 heteroatoms. The van der Waals surface area contributed by atoms with Gasteiger partial charge < -0.3 is 4.90 Å². The molecule has 0 amide bonds. The van der Waals surface area contributed by atoms with E-state index in [9.17, 15) is 9.59 Å². The Morgan fingerprint density at radius 2 is 2.33 bits per heavy atom. The molecule has 1 aliphatic heterocycles. The first-order valence-electron chi connectivity index (χ1n) is 6.13. The van der Waals surface area contributed by atoms with E-state index < -0.39 is 11.2 Å². The normalized spacial score (nSPS) is 20.6. The van der Waals surface area contributed by atoms with Crippen LogP contribution in [0.5, 0.6) is 0 Å². The SMILES string of the molecule is CCN1CCCC(n2cc(C#N)c(=O)[nH]c2=O)C1. The number of hydrogen-bond acceptors (Lipinski definition) is 4. The molecule has 1 aromatic heterocycles. The number of piperidine rings is 1. The van der Waals surface area contributed by atoms with Crippen LogP contribution in [0.4, 0.5) is 0 Å². The zero-order valence-electron chi connectivity index (χ0n) is 10.3. The van der Waals surface area contributed by atoms with Gasteiger partial charge in [-0.05, 0) is 25.9 Å². The van der Waals surface area contributed by atoms with Gasteiger partial charge in [-0.1, -0.05) is 6.92 Å². The molecule has 0 aliphatic carbocycles. The Kier molecular flexibility index (Phi) is 3.63. The molecule has 1 unspecified atom stereocenters. The smallest absolute Gasteiger partial charge is 0.302 e. The summed E-state index contributed by atoms with van der Waals surface area (Å²) in [5.74, 6) is 0. The first kappa shape index (κ1) is 12.6. The highest BCUT2D eigenvalue weighted by Gasteiger charge is 2.21. The zero-order chi connectivity index (χ0) is 13.1. The molecule has 96 valence electrons. The van der Waals surface area contributed by atoms with Gasteiger partial charge in [0.2, 0.25) is 0 Å². The van der Waals surface area contributed by atoms with Crippen LogP contribution in [0.25, 0.3) is 0 Å². The van der Waals surface area contributed by atoms with Crippen molar-refractivity contribution in [2.24, 2.45) is 0 Å². The minimum atomic E-state index is -0.609. The number of likely N-dealkylation sites (tertiary alicyclic amines) is 1. The molecule has 18 heavy (non-hydrogen) atoms. The summed E-state index contributed by atoms with van der Waals surface area (Å²) < 4.78 is 1.49. The Bertz CT molecular complexity index is 581. The highest BCUT2D eigenvalue weighted by atomic mass is 16.2. The fourth-order valence-electron chi connectivity index (χ4n) is 2.38. The lowest BCUT2D eigenvalue weighted by molar-refractivity contribution is 0.182. The maximum Gasteiger partial charge on any atom is 0.328 e. The molecule has 1 N–H and O–H groups in total. The van der Waals surface area contributed by atoms with Gasteiger partial charge in [-0.25, -0.2) is 4.79 Å². The Balaban J connectivity index is 2.36. The molecule has 6 nitrogen and oxygen atoms in total. The molecule has 2 rings (SSSR count). The van der Waals surface area contributed by atoms with Gasteiger partial charge in [0, 0.05) is 12.7 Å². The summed E-state index contributed by atoms with van der Waals surface area (Å²) in [6.45, 7) is 4.85. The quantitative estimate of drug-likeness (QED) is 0.802. The summed E-state index contributed by atoms with van der Waals surface area (Å²) in [6.07, 6.45) is 3.30. The van der Waals surface area contributed by atoms with Crippen molar-refractivity contribution in [3.05, 3.63) is 32.6 Å². The van der Waals surface area contributed by atoms with E-state index in [0.29, 0.717) is 0 Å². The molecule has 0 bridgehead atoms. The average molecular weight is 248 g/mol. The predicted octanol–water partition coefficient (Wildman–Crippen LogP) is 0.0651. The van der Waals surface area contributed by atoms with Crippen LogP contribution in [-0.4, -0.2) is 34.1 Å². The van der Waals surface area contributed by atoms with Gasteiger partial charge in [0.25, 0.3) is 5.56 Å². The van der Waals surface area contributed by atoms with Crippen molar-refractivity contribution in [3.63, 3.8) is 0 Å². The third-order valence-electron chi connectivity index (χ3n) is 3.41. The van der Waals surface area contributed by atoms with E-state index in [0.717, 1.165) is 32.5 Å². The van der Waals surface area contributed by atoms with Crippen molar-refractivity contribution >= 4 is 0 Å². The van der Waals surface area contributed by atoms with Crippen LogP contribution in [0.15, 0.2) is 15.8 Å². The lowest BCUT2D eigenvalue weighted by atomic mass is 10.1. The van der Waals surface area contributed by atoms with Gasteiger partial charge >= 0.3 is 5.69 Å². The number of nitrogens with zero attached hydrogens (tertiary/aromatic N) is 3. The first-order chi connectivity index (χ1) is 8.65. The van der Waals surface area contributed by atoms with E-state index in [1.807, 2.05) is 6.07 Å². The molecular weight excluding hydrogens is 232 g/mol. The van der Waals surface area contributed by atoms with Gasteiger partial charge in [0.1, 0.15) is 11.6 Å². The van der Waals surface area contributed by atoms with E-state index in [4.69, 9.17) is 5.26 Å². The number of H-pyrrole nitrogens is 1. The number of aromatic nitrogens is 2. The van der Waals surface area contributed by atoms with Gasteiger partial charge in [-0.2, -0.15) is 5.26 Å². The fraction of sp³-hybridized carbons (Fsp3) is 0.583. The Hall–Kier alpha value is -1.87.